The van der Waals surface area contributed by atoms with Crippen LogP contribution in [0.25, 0.3) is 11.1 Å². The van der Waals surface area contributed by atoms with E-state index in [1.165, 1.54) is 0 Å². The fourth-order valence-electron chi connectivity index (χ4n) is 5.42. The first-order valence-corrected chi connectivity index (χ1v) is 12.5. The minimum atomic E-state index is -0.805. The van der Waals surface area contributed by atoms with Gasteiger partial charge >= 0.3 is 12.1 Å². The largest absolute Gasteiger partial charge is 0.481 e. The first-order chi connectivity index (χ1) is 16.9. The summed E-state index contributed by atoms with van der Waals surface area (Å²) >= 11 is 0. The second-order valence-corrected chi connectivity index (χ2v) is 9.93. The maximum absolute atomic E-state index is 12.9. The number of carboxylic acid groups (broad SMARTS) is 1. The SMILES string of the molecule is CC(C)[C@@H](NC(=O)OCC1c2ccccc2-c2ccccc21)C(=O)NC[C@H]1CCCC[C@H]1C(=O)O. The van der Waals surface area contributed by atoms with Crippen LogP contribution in [0.15, 0.2) is 48.5 Å². The average molecular weight is 479 g/mol. The molecule has 0 aliphatic heterocycles. The molecule has 4 rings (SSSR count). The van der Waals surface area contributed by atoms with Gasteiger partial charge in [0.1, 0.15) is 12.6 Å². The number of benzene rings is 2. The van der Waals surface area contributed by atoms with Crippen molar-refractivity contribution in [2.75, 3.05) is 13.2 Å². The van der Waals surface area contributed by atoms with Crippen molar-refractivity contribution in [1.29, 1.82) is 0 Å². The first kappa shape index (κ1) is 24.8. The predicted molar refractivity (Wildman–Crippen MR) is 133 cm³/mol. The maximum atomic E-state index is 12.9. The number of hydrogen-bond acceptors (Lipinski definition) is 4. The second-order valence-electron chi connectivity index (χ2n) is 9.93. The molecule has 1 fully saturated rings. The van der Waals surface area contributed by atoms with Gasteiger partial charge in [0.15, 0.2) is 0 Å². The lowest BCUT2D eigenvalue weighted by Crippen LogP contribution is -2.51. The van der Waals surface area contributed by atoms with Gasteiger partial charge in [0.2, 0.25) is 5.91 Å². The van der Waals surface area contributed by atoms with Crippen molar-refractivity contribution in [2.24, 2.45) is 17.8 Å². The molecule has 1 saturated carbocycles. The summed E-state index contributed by atoms with van der Waals surface area (Å²) < 4.78 is 5.61. The number of rotatable bonds is 8. The van der Waals surface area contributed by atoms with Crippen molar-refractivity contribution in [3.05, 3.63) is 59.7 Å². The van der Waals surface area contributed by atoms with Gasteiger partial charge in [0.05, 0.1) is 5.92 Å². The van der Waals surface area contributed by atoms with Crippen LogP contribution in [-0.2, 0) is 14.3 Å². The van der Waals surface area contributed by atoms with Gasteiger partial charge in [-0.3, -0.25) is 9.59 Å². The number of carboxylic acids is 1. The number of aliphatic carboxylic acids is 1. The van der Waals surface area contributed by atoms with Crippen LogP contribution in [0, 0.1) is 17.8 Å². The van der Waals surface area contributed by atoms with E-state index < -0.39 is 24.0 Å². The summed E-state index contributed by atoms with van der Waals surface area (Å²) in [5.41, 5.74) is 4.55. The minimum absolute atomic E-state index is 0.0567. The van der Waals surface area contributed by atoms with Crippen LogP contribution < -0.4 is 10.6 Å². The monoisotopic (exact) mass is 478 g/mol. The molecule has 0 aromatic heterocycles. The van der Waals surface area contributed by atoms with Gasteiger partial charge in [-0.2, -0.15) is 0 Å². The zero-order valence-electron chi connectivity index (χ0n) is 20.3. The molecule has 0 bridgehead atoms. The Bertz CT molecular complexity index is 1040. The fraction of sp³-hybridized carbons (Fsp3) is 0.464. The summed E-state index contributed by atoms with van der Waals surface area (Å²) in [6.45, 7) is 4.18. The summed E-state index contributed by atoms with van der Waals surface area (Å²) in [5, 5.41) is 15.1. The highest BCUT2D eigenvalue weighted by Crippen LogP contribution is 2.44. The van der Waals surface area contributed by atoms with Gasteiger partial charge in [0.25, 0.3) is 0 Å². The van der Waals surface area contributed by atoms with E-state index in [0.29, 0.717) is 13.0 Å². The third-order valence-electron chi connectivity index (χ3n) is 7.33. The number of carbonyl (C=O) groups excluding carboxylic acids is 2. The molecule has 7 nitrogen and oxygen atoms in total. The standard InChI is InChI=1S/C28H34N2O5/c1-17(2)25(26(31)29-15-18-9-3-4-10-19(18)27(32)33)30-28(34)35-16-24-22-13-7-5-11-20(22)21-12-6-8-14-23(21)24/h5-8,11-14,17-19,24-25H,3-4,9-10,15-16H2,1-2H3,(H,29,31)(H,30,34)(H,32,33)/t18-,19-,25-/m1/s1. The molecular weight excluding hydrogens is 444 g/mol. The third-order valence-corrected chi connectivity index (χ3v) is 7.33. The van der Waals surface area contributed by atoms with Gasteiger partial charge in [-0.25, -0.2) is 4.79 Å². The molecule has 0 saturated heterocycles. The zero-order valence-corrected chi connectivity index (χ0v) is 20.3. The van der Waals surface area contributed by atoms with Crippen molar-refractivity contribution in [3.8, 4) is 11.1 Å². The lowest BCUT2D eigenvalue weighted by molar-refractivity contribution is -0.145. The van der Waals surface area contributed by atoms with Crippen LogP contribution in [0.2, 0.25) is 0 Å². The highest BCUT2D eigenvalue weighted by Gasteiger charge is 2.33. The molecule has 0 unspecified atom stereocenters. The summed E-state index contributed by atoms with van der Waals surface area (Å²) in [5.74, 6) is -1.86. The van der Waals surface area contributed by atoms with Gasteiger partial charge < -0.3 is 20.5 Å². The molecule has 0 radical (unpaired) electrons. The van der Waals surface area contributed by atoms with Crippen LogP contribution in [-0.4, -0.2) is 42.3 Å². The molecule has 2 aliphatic carbocycles. The smallest absolute Gasteiger partial charge is 0.407 e. The van der Waals surface area contributed by atoms with E-state index in [0.717, 1.165) is 41.5 Å². The first-order valence-electron chi connectivity index (χ1n) is 12.5. The number of hydrogen-bond donors (Lipinski definition) is 3. The van der Waals surface area contributed by atoms with Crippen LogP contribution in [0.5, 0.6) is 0 Å². The van der Waals surface area contributed by atoms with Crippen LogP contribution in [0.3, 0.4) is 0 Å². The average Bonchev–Trinajstić information content (AvgIpc) is 3.18. The molecule has 0 heterocycles. The molecule has 2 amide bonds. The van der Waals surface area contributed by atoms with E-state index in [1.807, 2.05) is 38.1 Å². The van der Waals surface area contributed by atoms with Gasteiger partial charge in [-0.05, 0) is 46.9 Å². The predicted octanol–water partition coefficient (Wildman–Crippen LogP) is 4.56. The number of carbonyl (C=O) groups is 3. The van der Waals surface area contributed by atoms with Gasteiger partial charge in [-0.15, -0.1) is 0 Å². The molecule has 3 atom stereocenters. The van der Waals surface area contributed by atoms with Crippen LogP contribution in [0.1, 0.15) is 56.6 Å². The molecule has 2 aromatic rings. The van der Waals surface area contributed by atoms with Gasteiger partial charge in [-0.1, -0.05) is 75.2 Å². The lowest BCUT2D eigenvalue weighted by atomic mass is 9.79. The highest BCUT2D eigenvalue weighted by atomic mass is 16.5. The van der Waals surface area contributed by atoms with E-state index in [2.05, 4.69) is 34.9 Å². The van der Waals surface area contributed by atoms with E-state index in [1.54, 1.807) is 0 Å². The quantitative estimate of drug-likeness (QED) is 0.516. The van der Waals surface area contributed by atoms with Gasteiger partial charge in [0, 0.05) is 12.5 Å². The Kier molecular flexibility index (Phi) is 7.73. The van der Waals surface area contributed by atoms with E-state index in [9.17, 15) is 19.5 Å². The molecule has 0 spiro atoms. The molecule has 2 aromatic carbocycles. The van der Waals surface area contributed by atoms with Crippen molar-refractivity contribution < 1.29 is 24.2 Å². The van der Waals surface area contributed by atoms with Crippen LogP contribution >= 0.6 is 0 Å². The Labute approximate surface area is 206 Å². The van der Waals surface area contributed by atoms with Crippen molar-refractivity contribution in [2.45, 2.75) is 51.5 Å². The van der Waals surface area contributed by atoms with E-state index in [-0.39, 0.29) is 30.3 Å². The highest BCUT2D eigenvalue weighted by molar-refractivity contribution is 5.86. The summed E-state index contributed by atoms with van der Waals surface area (Å²) in [6.07, 6.45) is 2.65. The summed E-state index contributed by atoms with van der Waals surface area (Å²) in [4.78, 5) is 37.1. The third kappa shape index (κ3) is 5.50. The Hall–Kier alpha value is -3.35. The number of ether oxygens (including phenoxy) is 1. The Morgan fingerprint density at radius 1 is 0.971 bits per heavy atom. The fourth-order valence-corrected chi connectivity index (χ4v) is 5.42. The zero-order chi connectivity index (χ0) is 24.9. The maximum Gasteiger partial charge on any atom is 0.407 e. The normalized spacial score (nSPS) is 20.0. The minimum Gasteiger partial charge on any atom is -0.481 e. The summed E-state index contributed by atoms with van der Waals surface area (Å²) in [6, 6.07) is 15.5. The van der Waals surface area contributed by atoms with E-state index in [4.69, 9.17) is 4.74 Å². The molecule has 186 valence electrons. The Morgan fingerprint density at radius 2 is 1.57 bits per heavy atom. The molecule has 35 heavy (non-hydrogen) atoms. The summed E-state index contributed by atoms with van der Waals surface area (Å²) in [7, 11) is 0. The van der Waals surface area contributed by atoms with Crippen molar-refractivity contribution in [1.82, 2.24) is 10.6 Å². The van der Waals surface area contributed by atoms with Crippen molar-refractivity contribution in [3.63, 3.8) is 0 Å². The van der Waals surface area contributed by atoms with E-state index >= 15 is 0 Å². The molecule has 3 N–H and O–H groups in total. The molecule has 2 aliphatic rings. The van der Waals surface area contributed by atoms with Crippen LogP contribution in [0.4, 0.5) is 4.79 Å². The Morgan fingerprint density at radius 3 is 2.17 bits per heavy atom. The number of fused-ring (bicyclic) bond motifs is 3. The number of amides is 2. The Balaban J connectivity index is 1.35. The molecule has 7 heteroatoms. The lowest BCUT2D eigenvalue weighted by Gasteiger charge is -2.29. The topological polar surface area (TPSA) is 105 Å². The second kappa shape index (κ2) is 10.9. The number of alkyl carbamates (subject to hydrolysis) is 1. The number of nitrogens with one attached hydrogen (secondary N) is 2. The van der Waals surface area contributed by atoms with Crippen molar-refractivity contribution >= 4 is 18.0 Å². The molecular formula is C28H34N2O5.